The second kappa shape index (κ2) is 7.32. The number of hydrogen-bond acceptors (Lipinski definition) is 4. The summed E-state index contributed by atoms with van der Waals surface area (Å²) in [5, 5.41) is 0.600. The van der Waals surface area contributed by atoms with E-state index in [2.05, 4.69) is 0 Å². The standard InChI is InChI=1S/C18H23FN2O3/c1-20(2)7-8-21(12-15-4-3-9-23-15)18(22)17-11-13-10-14(19)5-6-16(13)24-17/h5-6,10-11,15H,3-4,7-9,12H2,1-2H3/t15-/m0/s1. The molecule has 1 aromatic carbocycles. The maximum atomic E-state index is 13.3. The molecule has 130 valence electrons. The van der Waals surface area contributed by atoms with Crippen molar-refractivity contribution in [3.63, 3.8) is 0 Å². The van der Waals surface area contributed by atoms with Crippen molar-refractivity contribution in [3.8, 4) is 0 Å². The Hall–Kier alpha value is -1.92. The first kappa shape index (κ1) is 16.9. The second-order valence-electron chi connectivity index (χ2n) is 6.48. The van der Waals surface area contributed by atoms with Gasteiger partial charge in [0.15, 0.2) is 5.76 Å². The highest BCUT2D eigenvalue weighted by Gasteiger charge is 2.25. The molecule has 0 radical (unpaired) electrons. The summed E-state index contributed by atoms with van der Waals surface area (Å²) in [4.78, 5) is 16.7. The average Bonchev–Trinajstić information content (AvgIpc) is 3.19. The molecule has 1 aliphatic heterocycles. The molecule has 1 saturated heterocycles. The van der Waals surface area contributed by atoms with E-state index in [1.807, 2.05) is 19.0 Å². The van der Waals surface area contributed by atoms with Gasteiger partial charge in [-0.15, -0.1) is 0 Å². The first-order valence-electron chi connectivity index (χ1n) is 8.27. The van der Waals surface area contributed by atoms with Crippen molar-refractivity contribution in [1.29, 1.82) is 0 Å². The Bertz CT molecular complexity index is 707. The van der Waals surface area contributed by atoms with Crippen molar-refractivity contribution in [1.82, 2.24) is 9.80 Å². The van der Waals surface area contributed by atoms with Gasteiger partial charge in [-0.3, -0.25) is 4.79 Å². The fourth-order valence-electron chi connectivity index (χ4n) is 2.91. The van der Waals surface area contributed by atoms with Crippen molar-refractivity contribution in [2.45, 2.75) is 18.9 Å². The quantitative estimate of drug-likeness (QED) is 0.815. The van der Waals surface area contributed by atoms with E-state index in [9.17, 15) is 9.18 Å². The Morgan fingerprint density at radius 2 is 2.12 bits per heavy atom. The number of amides is 1. The SMILES string of the molecule is CN(C)CCN(C[C@@H]1CCCO1)C(=O)c1cc2cc(F)ccc2o1. The third-order valence-electron chi connectivity index (χ3n) is 4.24. The molecule has 1 atom stereocenters. The summed E-state index contributed by atoms with van der Waals surface area (Å²) in [6, 6.07) is 5.86. The third kappa shape index (κ3) is 3.94. The summed E-state index contributed by atoms with van der Waals surface area (Å²) in [5.41, 5.74) is 0.518. The summed E-state index contributed by atoms with van der Waals surface area (Å²) in [5.74, 6) is -0.276. The van der Waals surface area contributed by atoms with Crippen LogP contribution in [0.4, 0.5) is 4.39 Å². The van der Waals surface area contributed by atoms with Crippen LogP contribution in [0.15, 0.2) is 28.7 Å². The van der Waals surface area contributed by atoms with Gasteiger partial charge in [0.25, 0.3) is 5.91 Å². The van der Waals surface area contributed by atoms with Gasteiger partial charge in [0.1, 0.15) is 11.4 Å². The van der Waals surface area contributed by atoms with E-state index >= 15 is 0 Å². The molecule has 6 heteroatoms. The van der Waals surface area contributed by atoms with Crippen LogP contribution >= 0.6 is 0 Å². The van der Waals surface area contributed by atoms with Crippen molar-refractivity contribution in [2.24, 2.45) is 0 Å². The molecule has 0 bridgehead atoms. The maximum absolute atomic E-state index is 13.3. The third-order valence-corrected chi connectivity index (χ3v) is 4.24. The van der Waals surface area contributed by atoms with E-state index in [0.29, 0.717) is 24.1 Å². The van der Waals surface area contributed by atoms with Crippen LogP contribution in [-0.2, 0) is 4.74 Å². The number of benzene rings is 1. The molecule has 1 aromatic heterocycles. The summed E-state index contributed by atoms with van der Waals surface area (Å²) in [6.45, 7) is 2.66. The topological polar surface area (TPSA) is 45.9 Å². The first-order valence-corrected chi connectivity index (χ1v) is 8.27. The Kier molecular flexibility index (Phi) is 5.16. The normalized spacial score (nSPS) is 17.8. The van der Waals surface area contributed by atoms with Crippen LogP contribution in [0.2, 0.25) is 0 Å². The van der Waals surface area contributed by atoms with E-state index in [0.717, 1.165) is 26.0 Å². The lowest BCUT2D eigenvalue weighted by atomic mass is 10.2. The molecule has 0 aliphatic carbocycles. The van der Waals surface area contributed by atoms with Crippen LogP contribution in [0.3, 0.4) is 0 Å². The number of furan rings is 1. The molecular weight excluding hydrogens is 311 g/mol. The number of likely N-dealkylation sites (N-methyl/N-ethyl adjacent to an activating group) is 1. The molecule has 1 amide bonds. The fourth-order valence-corrected chi connectivity index (χ4v) is 2.91. The lowest BCUT2D eigenvalue weighted by molar-refractivity contribution is 0.0490. The van der Waals surface area contributed by atoms with Crippen LogP contribution in [-0.4, -0.2) is 62.1 Å². The van der Waals surface area contributed by atoms with Gasteiger partial charge >= 0.3 is 0 Å². The van der Waals surface area contributed by atoms with Gasteiger partial charge < -0.3 is 19.0 Å². The number of ether oxygens (including phenoxy) is 1. The van der Waals surface area contributed by atoms with Crippen molar-refractivity contribution >= 4 is 16.9 Å². The van der Waals surface area contributed by atoms with Crippen molar-refractivity contribution in [3.05, 3.63) is 35.8 Å². The number of nitrogens with zero attached hydrogens (tertiary/aromatic N) is 2. The van der Waals surface area contributed by atoms with Gasteiger partial charge in [-0.1, -0.05) is 0 Å². The van der Waals surface area contributed by atoms with Gasteiger partial charge in [-0.25, -0.2) is 4.39 Å². The van der Waals surface area contributed by atoms with Crippen LogP contribution in [0.25, 0.3) is 11.0 Å². The van der Waals surface area contributed by atoms with E-state index in [1.165, 1.54) is 12.1 Å². The lowest BCUT2D eigenvalue weighted by Gasteiger charge is -2.26. The van der Waals surface area contributed by atoms with E-state index in [1.54, 1.807) is 17.0 Å². The number of rotatable bonds is 6. The molecular formula is C18H23FN2O3. The summed E-state index contributed by atoms with van der Waals surface area (Å²) in [7, 11) is 3.94. The minimum atomic E-state index is -0.342. The minimum Gasteiger partial charge on any atom is -0.451 e. The van der Waals surface area contributed by atoms with E-state index in [4.69, 9.17) is 9.15 Å². The Labute approximate surface area is 141 Å². The summed E-state index contributed by atoms with van der Waals surface area (Å²) >= 11 is 0. The van der Waals surface area contributed by atoms with Crippen molar-refractivity contribution < 1.29 is 18.3 Å². The van der Waals surface area contributed by atoms with Gasteiger partial charge in [0.05, 0.1) is 6.10 Å². The second-order valence-corrected chi connectivity index (χ2v) is 6.48. The van der Waals surface area contributed by atoms with Gasteiger partial charge in [0.2, 0.25) is 0 Å². The zero-order valence-corrected chi connectivity index (χ0v) is 14.1. The van der Waals surface area contributed by atoms with Gasteiger partial charge in [-0.05, 0) is 51.2 Å². The highest BCUT2D eigenvalue weighted by atomic mass is 19.1. The zero-order chi connectivity index (χ0) is 17.1. The summed E-state index contributed by atoms with van der Waals surface area (Å²) in [6.07, 6.45) is 2.08. The minimum absolute atomic E-state index is 0.0814. The van der Waals surface area contributed by atoms with E-state index < -0.39 is 0 Å². The molecule has 0 N–H and O–H groups in total. The maximum Gasteiger partial charge on any atom is 0.289 e. The predicted octanol–water partition coefficient (Wildman–Crippen LogP) is 2.75. The highest BCUT2D eigenvalue weighted by molar-refractivity contribution is 5.96. The van der Waals surface area contributed by atoms with Crippen LogP contribution in [0, 0.1) is 5.82 Å². The molecule has 2 heterocycles. The Morgan fingerprint density at radius 1 is 1.29 bits per heavy atom. The molecule has 0 spiro atoms. The molecule has 24 heavy (non-hydrogen) atoms. The fraction of sp³-hybridized carbons (Fsp3) is 0.500. The Morgan fingerprint density at radius 3 is 2.83 bits per heavy atom. The predicted molar refractivity (Wildman–Crippen MR) is 89.6 cm³/mol. The molecule has 3 rings (SSSR count). The number of halogens is 1. The average molecular weight is 334 g/mol. The highest BCUT2D eigenvalue weighted by Crippen LogP contribution is 2.22. The molecule has 5 nitrogen and oxygen atoms in total. The number of carbonyl (C=O) groups is 1. The smallest absolute Gasteiger partial charge is 0.289 e. The Balaban J connectivity index is 1.79. The van der Waals surface area contributed by atoms with Crippen LogP contribution in [0.1, 0.15) is 23.4 Å². The van der Waals surface area contributed by atoms with Crippen LogP contribution in [0.5, 0.6) is 0 Å². The number of hydrogen-bond donors (Lipinski definition) is 0. The molecule has 1 aliphatic rings. The molecule has 2 aromatic rings. The first-order chi connectivity index (χ1) is 11.5. The van der Waals surface area contributed by atoms with Crippen LogP contribution < -0.4 is 0 Å². The van der Waals surface area contributed by atoms with Gasteiger partial charge in [-0.2, -0.15) is 0 Å². The van der Waals surface area contributed by atoms with E-state index in [-0.39, 0.29) is 23.6 Å². The number of fused-ring (bicyclic) bond motifs is 1. The molecule has 0 unspecified atom stereocenters. The van der Waals surface area contributed by atoms with Gasteiger partial charge in [0, 0.05) is 31.6 Å². The molecule has 1 fully saturated rings. The largest absolute Gasteiger partial charge is 0.451 e. The van der Waals surface area contributed by atoms with Crippen molar-refractivity contribution in [2.75, 3.05) is 40.3 Å². The monoisotopic (exact) mass is 334 g/mol. The summed E-state index contributed by atoms with van der Waals surface area (Å²) < 4.78 is 24.6. The zero-order valence-electron chi connectivity index (χ0n) is 14.1. The lowest BCUT2D eigenvalue weighted by Crippen LogP contribution is -2.41. The number of carbonyl (C=O) groups excluding carboxylic acids is 1. The molecule has 0 saturated carbocycles.